The summed E-state index contributed by atoms with van der Waals surface area (Å²) >= 11 is 0. The number of hydrogen-bond acceptors (Lipinski definition) is 19. The van der Waals surface area contributed by atoms with Crippen LogP contribution in [0.1, 0.15) is 66.6 Å². The second kappa shape index (κ2) is 36.4. The first kappa shape index (κ1) is 74.2. The third-order valence-electron chi connectivity index (χ3n) is 14.3. The molecule has 1 radical (unpaired) electrons. The molecule has 1 saturated heterocycles. The minimum atomic E-state index is -4.51. The van der Waals surface area contributed by atoms with Crippen LogP contribution in [-0.2, 0) is 57.2 Å². The predicted molar refractivity (Wildman–Crippen MR) is 323 cm³/mol. The molecule has 32 heteroatoms. The molecule has 0 saturated carbocycles. The molecule has 12 N–H and O–H groups in total. The molecule has 3 heterocycles. The number of rotatable bonds is 32. The maximum absolute atomic E-state index is 13.7. The largest absolute Gasteiger partial charge is 0.512 e. The van der Waals surface area contributed by atoms with E-state index in [0.29, 0.717) is 44.2 Å². The number of carboxylic acids is 3. The molecular formula is C57H82LuN14O16S. The molecule has 2 aromatic heterocycles. The second-order valence-corrected chi connectivity index (χ2v) is 22.9. The normalized spacial score (nSPS) is 14.9. The van der Waals surface area contributed by atoms with Gasteiger partial charge >= 0.3 is 17.9 Å². The summed E-state index contributed by atoms with van der Waals surface area (Å²) in [6, 6.07) is 4.14. The van der Waals surface area contributed by atoms with Crippen molar-refractivity contribution in [2.24, 2.45) is 7.05 Å². The van der Waals surface area contributed by atoms with Crippen molar-refractivity contribution in [2.75, 3.05) is 110 Å². The minimum Gasteiger partial charge on any atom is -0.512 e. The van der Waals surface area contributed by atoms with Crippen molar-refractivity contribution < 1.29 is 109 Å². The average Bonchev–Trinajstić information content (AvgIpc) is 2.82. The molecule has 3 atom stereocenters. The molecule has 4 aromatic rings. The number of ether oxygens (including phenoxy) is 1. The first-order chi connectivity index (χ1) is 41.8. The zero-order valence-electron chi connectivity index (χ0n) is 50.4. The van der Waals surface area contributed by atoms with Crippen molar-refractivity contribution in [3.8, 4) is 5.75 Å². The van der Waals surface area contributed by atoms with Gasteiger partial charge in [0.1, 0.15) is 29.4 Å². The van der Waals surface area contributed by atoms with Crippen molar-refractivity contribution in [1.82, 2.24) is 65.4 Å². The number of anilines is 1. The van der Waals surface area contributed by atoms with Gasteiger partial charge in [-0.3, -0.25) is 62.8 Å². The first-order valence-electron chi connectivity index (χ1n) is 28.7. The Labute approximate surface area is 544 Å². The second-order valence-electron chi connectivity index (χ2n) is 21.3. The summed E-state index contributed by atoms with van der Waals surface area (Å²) in [5, 5.41) is 55.5. The van der Waals surface area contributed by atoms with Crippen LogP contribution in [0.4, 0.5) is 5.95 Å². The number of aryl methyl sites for hydroxylation is 3. The summed E-state index contributed by atoms with van der Waals surface area (Å²) in [4.78, 5) is 129. The van der Waals surface area contributed by atoms with Crippen LogP contribution in [0.15, 0.2) is 71.0 Å². The maximum atomic E-state index is 13.7. The van der Waals surface area contributed by atoms with Crippen molar-refractivity contribution in [2.45, 2.75) is 82.9 Å². The van der Waals surface area contributed by atoms with Gasteiger partial charge in [0.25, 0.3) is 5.91 Å². The molecule has 1 unspecified atom stereocenters. The van der Waals surface area contributed by atoms with Crippen molar-refractivity contribution in [1.29, 1.82) is 0 Å². The van der Waals surface area contributed by atoms with Crippen LogP contribution in [-0.4, -0.2) is 233 Å². The SMILES string of the molecule is C=C(O)CN1CCN(CC(=O)O)CCN(CC(=O)N[C@@H](CC)C(=O)N[C@@H](CC)C(=O)NCCNC(=O)CCCOc2cc(C)c(S(=O)(=O)NC(CNC(=O)c3cn(C)c4cc(CNc5ncc[nH]5)ccc4c3=O)C(=O)O)c(C)c2)CCN(CC(=O)O)CC1.[Lu]. The number of nitrogens with zero attached hydrogens (tertiary/aromatic N) is 6. The number of carboxylic acid groups (broad SMARTS) is 3. The van der Waals surface area contributed by atoms with Gasteiger partial charge in [0.15, 0.2) is 5.95 Å². The molecule has 0 aliphatic carbocycles. The number of carbonyl (C=O) groups excluding carboxylic acids is 5. The number of aliphatic hydroxyl groups excluding tert-OH is 1. The Balaban J connectivity index is 0.0000169. The van der Waals surface area contributed by atoms with E-state index >= 15 is 0 Å². The molecule has 5 amide bonds. The number of aromatic nitrogens is 3. The molecule has 1 aliphatic heterocycles. The number of hydrogen-bond donors (Lipinski definition) is 12. The van der Waals surface area contributed by atoms with E-state index in [1.54, 1.807) is 70.8 Å². The molecule has 5 rings (SSSR count). The van der Waals surface area contributed by atoms with Gasteiger partial charge < -0.3 is 66.6 Å². The summed E-state index contributed by atoms with van der Waals surface area (Å²) in [7, 11) is -2.87. The van der Waals surface area contributed by atoms with Crippen molar-refractivity contribution in [3.63, 3.8) is 0 Å². The Kier molecular flexibility index (Phi) is 30.4. The molecule has 1 fully saturated rings. The van der Waals surface area contributed by atoms with Gasteiger partial charge in [0.05, 0.1) is 49.0 Å². The molecule has 2 aromatic carbocycles. The van der Waals surface area contributed by atoms with Gasteiger partial charge in [-0.1, -0.05) is 26.5 Å². The number of aromatic amines is 1. The summed E-state index contributed by atoms with van der Waals surface area (Å²) in [6.45, 7) is 11.4. The number of aliphatic hydroxyl groups is 1. The van der Waals surface area contributed by atoms with Gasteiger partial charge in [-0.2, -0.15) is 4.72 Å². The Hall–Kier alpha value is -7.26. The number of H-pyrrole nitrogens is 1. The monoisotopic (exact) mass is 1430 g/mol. The summed E-state index contributed by atoms with van der Waals surface area (Å²) < 4.78 is 36.9. The first-order valence-corrected chi connectivity index (χ1v) is 30.2. The Morgan fingerprint density at radius 2 is 1.29 bits per heavy atom. The standard InChI is InChI=1S/C57H82N14O16S.Lu/c1-7-43(65-55(82)44(8-2)64-48(74)33-69-19-23-70(34-49(75)76)21-17-68(31-38(5)72)18-22-71(24-20-69)35-50(77)78)54(81)59-14-13-58-47(73)10-9-25-87-40-26-36(3)52(37(4)27-40)88(85,86)66-45(56(83)84)30-62-53(80)42-32-67(6)46-28-39(11-12-41(46)51(42)79)29-63-57-60-15-16-61-57;/h11-12,15-16,26-28,32,43-45,66,72H,5,7-10,13-14,17-25,29-31,33-35H2,1-4,6H3,(H,58,73)(H,59,81)(H,62,80)(H,64,74)(H,65,82)(H,75,76)(H,77,78)(H,83,84)(H2,60,61,63);/t43-,44-,45?;/m0./s1. The molecule has 89 heavy (non-hydrogen) atoms. The van der Waals surface area contributed by atoms with E-state index in [-0.39, 0.29) is 179 Å². The van der Waals surface area contributed by atoms with Crippen LogP contribution in [0.25, 0.3) is 10.9 Å². The van der Waals surface area contributed by atoms with Crippen LogP contribution >= 0.6 is 0 Å². The van der Waals surface area contributed by atoms with Gasteiger partial charge in [0, 0.05) is 153 Å². The number of aliphatic carboxylic acids is 3. The number of nitrogens with one attached hydrogen (secondary N) is 8. The summed E-state index contributed by atoms with van der Waals surface area (Å²) in [5.41, 5.74) is 0.920. The van der Waals surface area contributed by atoms with E-state index in [0.717, 1.165) is 5.56 Å². The van der Waals surface area contributed by atoms with Crippen molar-refractivity contribution >= 4 is 74.3 Å². The quantitative estimate of drug-likeness (QED) is 0.0212. The molecule has 497 valence electrons. The average molecular weight is 1430 g/mol. The van der Waals surface area contributed by atoms with E-state index in [4.69, 9.17) is 4.74 Å². The van der Waals surface area contributed by atoms with Crippen LogP contribution < -0.4 is 46.8 Å². The van der Waals surface area contributed by atoms with E-state index in [2.05, 4.69) is 53.2 Å². The van der Waals surface area contributed by atoms with Crippen LogP contribution in [0.2, 0.25) is 0 Å². The Bertz CT molecular complexity index is 3240. The van der Waals surface area contributed by atoms with Gasteiger partial charge in [0.2, 0.25) is 39.1 Å². The van der Waals surface area contributed by atoms with Gasteiger partial charge in [-0.05, 0) is 74.1 Å². The van der Waals surface area contributed by atoms with Gasteiger partial charge in [-0.25, -0.2) is 13.4 Å². The molecule has 30 nitrogen and oxygen atoms in total. The van der Waals surface area contributed by atoms with E-state index < -0.39 is 81.7 Å². The molecule has 0 bridgehead atoms. The predicted octanol–water partition coefficient (Wildman–Crippen LogP) is -0.704. The fraction of sp³-hybridized carbons (Fsp3) is 0.509. The number of benzene rings is 2. The molecular weight excluding hydrogens is 1340 g/mol. The fourth-order valence-corrected chi connectivity index (χ4v) is 11.4. The number of sulfonamides is 1. The third kappa shape index (κ3) is 24.2. The number of imidazole rings is 1. The zero-order valence-corrected chi connectivity index (χ0v) is 52.9. The smallest absolute Gasteiger partial charge is 0.323 e. The summed E-state index contributed by atoms with van der Waals surface area (Å²) in [5.74, 6) is -5.82. The number of pyridine rings is 1. The number of fused-ring (bicyclic) bond motifs is 1. The topological polar surface area (TPSA) is 409 Å². The third-order valence-corrected chi connectivity index (χ3v) is 16.1. The van der Waals surface area contributed by atoms with Crippen molar-refractivity contribution in [3.05, 3.63) is 93.7 Å². The molecule has 1 aliphatic rings. The van der Waals surface area contributed by atoms with E-state index in [9.17, 15) is 72.0 Å². The van der Waals surface area contributed by atoms with Crippen LogP contribution in [0.5, 0.6) is 5.75 Å². The number of amides is 5. The Morgan fingerprint density at radius 1 is 0.730 bits per heavy atom. The zero-order chi connectivity index (χ0) is 64.7. The molecule has 0 spiro atoms. The summed E-state index contributed by atoms with van der Waals surface area (Å²) in [6.07, 6.45) is 5.24. The van der Waals surface area contributed by atoms with Crippen LogP contribution in [0.3, 0.4) is 0 Å². The van der Waals surface area contributed by atoms with Crippen LogP contribution in [0, 0.1) is 50.7 Å². The van der Waals surface area contributed by atoms with E-state index in [1.807, 2.05) is 4.90 Å². The maximum Gasteiger partial charge on any atom is 0.323 e. The fourth-order valence-electron chi connectivity index (χ4n) is 9.78. The van der Waals surface area contributed by atoms with E-state index in [1.165, 1.54) is 32.2 Å². The Morgan fingerprint density at radius 3 is 1.83 bits per heavy atom. The van der Waals surface area contributed by atoms with Gasteiger partial charge in [-0.15, -0.1) is 0 Å². The number of carbonyl (C=O) groups is 8. The minimum absolute atomic E-state index is 0.